The van der Waals surface area contributed by atoms with Crippen LogP contribution in [0.1, 0.15) is 5.56 Å². The van der Waals surface area contributed by atoms with Gasteiger partial charge in [-0.05, 0) is 17.7 Å². The molecule has 0 fully saturated rings. The second-order valence-corrected chi connectivity index (χ2v) is 5.40. The Hall–Kier alpha value is -2.66. The van der Waals surface area contributed by atoms with E-state index in [2.05, 4.69) is 4.98 Å². The Morgan fingerprint density at radius 3 is 2.70 bits per heavy atom. The summed E-state index contributed by atoms with van der Waals surface area (Å²) in [6.45, 7) is 0.189. The van der Waals surface area contributed by atoms with Gasteiger partial charge >= 0.3 is 0 Å². The van der Waals surface area contributed by atoms with E-state index in [1.807, 2.05) is 30.3 Å². The van der Waals surface area contributed by atoms with Crippen LogP contribution in [-0.4, -0.2) is 27.9 Å². The molecule has 0 unspecified atom stereocenters. The minimum Gasteiger partial charge on any atom is -0.496 e. The highest BCUT2D eigenvalue weighted by Gasteiger charge is 2.12. The lowest BCUT2D eigenvalue weighted by Crippen LogP contribution is -2.28. The quantitative estimate of drug-likeness (QED) is 0.783. The SMILES string of the molecule is COc1cccc2ncn(C[C@H](O)Cc3ccccc3)c(=O)c12. The lowest BCUT2D eigenvalue weighted by molar-refractivity contribution is 0.152. The maximum Gasteiger partial charge on any atom is 0.265 e. The first-order valence-electron chi connectivity index (χ1n) is 7.43. The second-order valence-electron chi connectivity index (χ2n) is 5.40. The zero-order valence-corrected chi connectivity index (χ0v) is 12.8. The number of benzene rings is 2. The number of aromatic nitrogens is 2. The summed E-state index contributed by atoms with van der Waals surface area (Å²) < 4.78 is 6.68. The van der Waals surface area contributed by atoms with Gasteiger partial charge in [-0.1, -0.05) is 36.4 Å². The fourth-order valence-electron chi connectivity index (χ4n) is 2.65. The zero-order valence-electron chi connectivity index (χ0n) is 12.8. The summed E-state index contributed by atoms with van der Waals surface area (Å²) in [5, 5.41) is 10.7. The Morgan fingerprint density at radius 1 is 1.17 bits per heavy atom. The van der Waals surface area contributed by atoms with Crippen LogP contribution in [0.4, 0.5) is 0 Å². The van der Waals surface area contributed by atoms with Gasteiger partial charge in [-0.15, -0.1) is 0 Å². The Morgan fingerprint density at radius 2 is 1.96 bits per heavy atom. The molecule has 118 valence electrons. The molecule has 0 aliphatic heterocycles. The van der Waals surface area contributed by atoms with Crippen LogP contribution in [0.2, 0.25) is 0 Å². The molecule has 1 atom stereocenters. The summed E-state index contributed by atoms with van der Waals surface area (Å²) in [7, 11) is 1.52. The lowest BCUT2D eigenvalue weighted by atomic mass is 10.1. The minimum absolute atomic E-state index is 0.189. The van der Waals surface area contributed by atoms with Gasteiger partial charge < -0.3 is 9.84 Å². The van der Waals surface area contributed by atoms with Crippen LogP contribution in [0.5, 0.6) is 5.75 Å². The molecule has 3 rings (SSSR count). The summed E-state index contributed by atoms with van der Waals surface area (Å²) in [4.78, 5) is 16.9. The maximum atomic E-state index is 12.6. The van der Waals surface area contributed by atoms with Gasteiger partial charge in [-0.25, -0.2) is 4.98 Å². The van der Waals surface area contributed by atoms with E-state index in [-0.39, 0.29) is 12.1 Å². The average Bonchev–Trinajstić information content (AvgIpc) is 2.57. The Kier molecular flexibility index (Phi) is 4.39. The van der Waals surface area contributed by atoms with Gasteiger partial charge in [0.1, 0.15) is 11.1 Å². The topological polar surface area (TPSA) is 64.3 Å². The molecule has 0 aliphatic carbocycles. The van der Waals surface area contributed by atoms with Crippen molar-refractivity contribution < 1.29 is 9.84 Å². The normalized spacial score (nSPS) is 12.3. The molecule has 0 saturated carbocycles. The first-order valence-corrected chi connectivity index (χ1v) is 7.43. The molecule has 5 heteroatoms. The zero-order chi connectivity index (χ0) is 16.2. The van der Waals surface area contributed by atoms with Crippen LogP contribution in [0.15, 0.2) is 59.7 Å². The van der Waals surface area contributed by atoms with Gasteiger partial charge in [0.25, 0.3) is 5.56 Å². The third-order valence-electron chi connectivity index (χ3n) is 3.76. The monoisotopic (exact) mass is 310 g/mol. The fraction of sp³-hybridized carbons (Fsp3) is 0.222. The summed E-state index contributed by atoms with van der Waals surface area (Å²) in [5.74, 6) is 0.492. The molecule has 1 aromatic heterocycles. The fourth-order valence-corrected chi connectivity index (χ4v) is 2.65. The first-order chi connectivity index (χ1) is 11.2. The van der Waals surface area contributed by atoms with Crippen LogP contribution in [0.3, 0.4) is 0 Å². The number of rotatable bonds is 5. The highest BCUT2D eigenvalue weighted by atomic mass is 16.5. The van der Waals surface area contributed by atoms with Crippen LogP contribution >= 0.6 is 0 Å². The number of nitrogens with zero attached hydrogens (tertiary/aromatic N) is 2. The molecule has 2 aromatic carbocycles. The standard InChI is InChI=1S/C18H18N2O3/c1-23-16-9-5-8-15-17(16)18(22)20(12-19-15)11-14(21)10-13-6-3-2-4-7-13/h2-9,12,14,21H,10-11H2,1H3/t14-/m1/s1. The van der Waals surface area contributed by atoms with Crippen molar-refractivity contribution in [1.82, 2.24) is 9.55 Å². The van der Waals surface area contributed by atoms with Gasteiger partial charge in [-0.3, -0.25) is 9.36 Å². The van der Waals surface area contributed by atoms with Crippen molar-refractivity contribution in [3.05, 3.63) is 70.8 Å². The largest absolute Gasteiger partial charge is 0.496 e. The molecule has 0 spiro atoms. The number of hydrogen-bond donors (Lipinski definition) is 1. The summed E-state index contributed by atoms with van der Waals surface area (Å²) in [6.07, 6.45) is 1.29. The molecular formula is C18H18N2O3. The van der Waals surface area contributed by atoms with E-state index in [4.69, 9.17) is 4.74 Å². The summed E-state index contributed by atoms with van der Waals surface area (Å²) in [6, 6.07) is 15.0. The highest BCUT2D eigenvalue weighted by Crippen LogP contribution is 2.19. The van der Waals surface area contributed by atoms with Gasteiger partial charge in [0.15, 0.2) is 0 Å². The van der Waals surface area contributed by atoms with Gasteiger partial charge in [-0.2, -0.15) is 0 Å². The van der Waals surface area contributed by atoms with E-state index in [0.29, 0.717) is 23.1 Å². The predicted molar refractivity (Wildman–Crippen MR) is 88.7 cm³/mol. The van der Waals surface area contributed by atoms with Gasteiger partial charge in [0.2, 0.25) is 0 Å². The van der Waals surface area contributed by atoms with E-state index in [1.165, 1.54) is 18.0 Å². The Labute approximate surface area is 133 Å². The molecule has 0 bridgehead atoms. The van der Waals surface area contributed by atoms with E-state index >= 15 is 0 Å². The molecule has 23 heavy (non-hydrogen) atoms. The molecule has 5 nitrogen and oxygen atoms in total. The third kappa shape index (κ3) is 3.24. The van der Waals surface area contributed by atoms with Gasteiger partial charge in [0, 0.05) is 6.42 Å². The van der Waals surface area contributed by atoms with Crippen molar-refractivity contribution >= 4 is 10.9 Å². The molecule has 0 amide bonds. The van der Waals surface area contributed by atoms with Crippen molar-refractivity contribution in [3.63, 3.8) is 0 Å². The van der Waals surface area contributed by atoms with Crippen molar-refractivity contribution in [2.45, 2.75) is 19.1 Å². The van der Waals surface area contributed by atoms with Crippen LogP contribution < -0.4 is 10.3 Å². The number of aliphatic hydroxyl groups is 1. The molecule has 0 radical (unpaired) electrons. The van der Waals surface area contributed by atoms with E-state index in [1.54, 1.807) is 18.2 Å². The molecule has 3 aromatic rings. The molecule has 0 saturated heterocycles. The minimum atomic E-state index is -0.663. The molecule has 1 heterocycles. The van der Waals surface area contributed by atoms with Gasteiger partial charge in [0.05, 0.1) is 31.6 Å². The smallest absolute Gasteiger partial charge is 0.265 e. The first kappa shape index (κ1) is 15.2. The summed E-state index contributed by atoms with van der Waals surface area (Å²) in [5.41, 5.74) is 1.40. The predicted octanol–water partition coefficient (Wildman–Crippen LogP) is 2.01. The Balaban J connectivity index is 1.88. The second kappa shape index (κ2) is 6.62. The van der Waals surface area contributed by atoms with Crippen LogP contribution in [-0.2, 0) is 13.0 Å². The maximum absolute atomic E-state index is 12.6. The number of methoxy groups -OCH3 is 1. The van der Waals surface area contributed by atoms with Crippen molar-refractivity contribution in [2.24, 2.45) is 0 Å². The molecular weight excluding hydrogens is 292 g/mol. The highest BCUT2D eigenvalue weighted by molar-refractivity contribution is 5.83. The average molecular weight is 310 g/mol. The third-order valence-corrected chi connectivity index (χ3v) is 3.76. The van der Waals surface area contributed by atoms with E-state index in [0.717, 1.165) is 5.56 Å². The van der Waals surface area contributed by atoms with Crippen molar-refractivity contribution in [2.75, 3.05) is 7.11 Å². The molecule has 0 aliphatic rings. The summed E-state index contributed by atoms with van der Waals surface area (Å²) >= 11 is 0. The molecule has 1 N–H and O–H groups in total. The van der Waals surface area contributed by atoms with E-state index < -0.39 is 6.10 Å². The number of aliphatic hydroxyl groups excluding tert-OH is 1. The van der Waals surface area contributed by atoms with Crippen molar-refractivity contribution in [1.29, 1.82) is 0 Å². The van der Waals surface area contributed by atoms with Crippen LogP contribution in [0, 0.1) is 0 Å². The lowest BCUT2D eigenvalue weighted by Gasteiger charge is -2.13. The Bertz CT molecular complexity index is 859. The number of hydrogen-bond acceptors (Lipinski definition) is 4. The van der Waals surface area contributed by atoms with Crippen LogP contribution in [0.25, 0.3) is 10.9 Å². The van der Waals surface area contributed by atoms with E-state index in [9.17, 15) is 9.90 Å². The van der Waals surface area contributed by atoms with Crippen molar-refractivity contribution in [3.8, 4) is 5.75 Å². The number of ether oxygens (including phenoxy) is 1. The number of fused-ring (bicyclic) bond motifs is 1.